The van der Waals surface area contributed by atoms with E-state index >= 15 is 0 Å². The highest BCUT2D eigenvalue weighted by atomic mass is 28.4. The third-order valence-electron chi connectivity index (χ3n) is 3.74. The molecule has 0 amide bonds. The number of benzene rings is 1. The zero-order valence-corrected chi connectivity index (χ0v) is 12.8. The third-order valence-corrected chi connectivity index (χ3v) is 8.08. The molecule has 2 rings (SSSR count). The summed E-state index contributed by atoms with van der Waals surface area (Å²) in [4.78, 5) is 0. The fraction of sp³-hybridized carbons (Fsp3) is 0.400. The monoisotopic (exact) mass is 261 g/mol. The van der Waals surface area contributed by atoms with Gasteiger partial charge in [0.1, 0.15) is 11.1 Å². The Kier molecular flexibility index (Phi) is 3.19. The van der Waals surface area contributed by atoms with Gasteiger partial charge in [-0.05, 0) is 24.2 Å². The van der Waals surface area contributed by atoms with Crippen molar-refractivity contribution < 1.29 is 8.84 Å². The molecule has 0 fully saturated rings. The van der Waals surface area contributed by atoms with Gasteiger partial charge in [0.2, 0.25) is 0 Å². The topological polar surface area (TPSA) is 20.5 Å². The highest BCUT2D eigenvalue weighted by Gasteiger charge is 2.39. The van der Waals surface area contributed by atoms with Crippen molar-refractivity contribution in [2.24, 2.45) is 0 Å². The van der Waals surface area contributed by atoms with Crippen molar-refractivity contribution in [2.75, 3.05) is 0 Å². The molecule has 1 aromatic heterocycles. The van der Waals surface area contributed by atoms with Gasteiger partial charge in [0, 0.05) is 6.07 Å². The zero-order valence-electron chi connectivity index (χ0n) is 11.8. The molecule has 0 bridgehead atoms. The Morgan fingerprint density at radius 3 is 2.39 bits per heavy atom. The van der Waals surface area contributed by atoms with Gasteiger partial charge in [0.05, 0.1) is 6.07 Å². The smallest absolute Gasteiger partial charge is 0.363 e. The van der Waals surface area contributed by atoms with Gasteiger partial charge < -0.3 is 4.43 Å². The molecule has 1 heterocycles. The average Bonchev–Trinajstić information content (AvgIpc) is 2.27. The Morgan fingerprint density at radius 1 is 1.06 bits per heavy atom. The first-order chi connectivity index (χ1) is 8.31. The molecule has 1 aromatic carbocycles. The highest BCUT2D eigenvalue weighted by molar-refractivity contribution is 6.74. The van der Waals surface area contributed by atoms with Crippen molar-refractivity contribution in [1.29, 1.82) is 0 Å². The van der Waals surface area contributed by atoms with E-state index in [-0.39, 0.29) is 5.04 Å². The van der Waals surface area contributed by atoms with Gasteiger partial charge >= 0.3 is 11.8 Å². The Bertz CT molecular complexity index is 550. The van der Waals surface area contributed by atoms with Crippen molar-refractivity contribution in [3.63, 3.8) is 0 Å². The molecular weight excluding hydrogens is 240 g/mol. The molecule has 0 aliphatic heterocycles. The molecule has 0 aliphatic rings. The van der Waals surface area contributed by atoms with E-state index in [2.05, 4.69) is 33.9 Å². The molecule has 18 heavy (non-hydrogen) atoms. The summed E-state index contributed by atoms with van der Waals surface area (Å²) in [7, 11) is -1.80. The second-order valence-electron chi connectivity index (χ2n) is 6.14. The fourth-order valence-corrected chi connectivity index (χ4v) is 2.58. The van der Waals surface area contributed by atoms with Crippen LogP contribution in [0, 0.1) is 0 Å². The van der Waals surface area contributed by atoms with Crippen molar-refractivity contribution in [2.45, 2.75) is 38.9 Å². The SMILES string of the molecule is CC(C)(C)[Si](C)(C)Oc1cc[o+]c2ccccc12. The molecule has 0 saturated carbocycles. The number of hydrogen-bond acceptors (Lipinski definition) is 1. The maximum Gasteiger partial charge on any atom is 0.363 e. The molecule has 0 saturated heterocycles. The number of hydrogen-bond donors (Lipinski definition) is 0. The van der Waals surface area contributed by atoms with Gasteiger partial charge in [-0.3, -0.25) is 0 Å². The van der Waals surface area contributed by atoms with Crippen LogP contribution in [-0.4, -0.2) is 8.32 Å². The minimum absolute atomic E-state index is 0.196. The first-order valence-corrected chi connectivity index (χ1v) is 9.21. The van der Waals surface area contributed by atoms with Crippen LogP contribution in [-0.2, 0) is 0 Å². The van der Waals surface area contributed by atoms with Gasteiger partial charge in [0.25, 0.3) is 8.32 Å². The van der Waals surface area contributed by atoms with Crippen LogP contribution >= 0.6 is 0 Å². The minimum Gasteiger partial charge on any atom is -0.543 e. The lowest BCUT2D eigenvalue weighted by molar-refractivity contribution is 0.490. The predicted molar refractivity (Wildman–Crippen MR) is 78.4 cm³/mol. The number of fused-ring (bicyclic) bond motifs is 1. The lowest BCUT2D eigenvalue weighted by Crippen LogP contribution is -2.43. The van der Waals surface area contributed by atoms with Gasteiger partial charge in [-0.1, -0.05) is 32.9 Å². The Balaban J connectivity index is 2.44. The predicted octanol–water partition coefficient (Wildman–Crippen LogP) is 5.10. The highest BCUT2D eigenvalue weighted by Crippen LogP contribution is 2.39. The van der Waals surface area contributed by atoms with Crippen LogP contribution in [0.25, 0.3) is 11.0 Å². The van der Waals surface area contributed by atoms with E-state index in [0.717, 1.165) is 16.7 Å². The van der Waals surface area contributed by atoms with Crippen LogP contribution in [0.3, 0.4) is 0 Å². The summed E-state index contributed by atoms with van der Waals surface area (Å²) in [6.45, 7) is 11.2. The van der Waals surface area contributed by atoms with Gasteiger partial charge in [-0.25, -0.2) is 4.42 Å². The lowest BCUT2D eigenvalue weighted by Gasteiger charge is -2.36. The molecule has 0 radical (unpaired) electrons. The maximum atomic E-state index is 6.36. The van der Waals surface area contributed by atoms with Crippen LogP contribution in [0.5, 0.6) is 5.75 Å². The van der Waals surface area contributed by atoms with E-state index in [4.69, 9.17) is 8.84 Å². The molecule has 0 spiro atoms. The summed E-state index contributed by atoms with van der Waals surface area (Å²) in [5, 5.41) is 1.24. The number of para-hydroxylation sites is 1. The Labute approximate surface area is 110 Å². The molecule has 0 N–H and O–H groups in total. The van der Waals surface area contributed by atoms with Crippen molar-refractivity contribution in [3.8, 4) is 5.75 Å². The molecule has 0 aliphatic carbocycles. The van der Waals surface area contributed by atoms with Crippen molar-refractivity contribution in [1.82, 2.24) is 0 Å². The molecule has 3 heteroatoms. The molecular formula is C15H21O2Si+. The Morgan fingerprint density at radius 2 is 1.72 bits per heavy atom. The third kappa shape index (κ3) is 2.41. The van der Waals surface area contributed by atoms with E-state index in [1.807, 2.05) is 30.3 Å². The normalized spacial score (nSPS) is 12.7. The summed E-state index contributed by atoms with van der Waals surface area (Å²) in [5.41, 5.74) is 0.869. The van der Waals surface area contributed by atoms with Crippen LogP contribution < -0.4 is 4.43 Å². The summed E-state index contributed by atoms with van der Waals surface area (Å²) in [5.74, 6) is 0.934. The first-order valence-electron chi connectivity index (χ1n) is 6.30. The van der Waals surface area contributed by atoms with Gasteiger partial charge in [-0.2, -0.15) is 0 Å². The molecule has 2 aromatic rings. The lowest BCUT2D eigenvalue weighted by atomic mass is 10.2. The summed E-state index contributed by atoms with van der Waals surface area (Å²) in [6, 6.07) is 9.91. The van der Waals surface area contributed by atoms with Crippen molar-refractivity contribution >= 4 is 19.3 Å². The fourth-order valence-electron chi connectivity index (χ4n) is 1.55. The average molecular weight is 261 g/mol. The maximum absolute atomic E-state index is 6.36. The van der Waals surface area contributed by atoms with Crippen LogP contribution in [0.15, 0.2) is 41.0 Å². The second-order valence-corrected chi connectivity index (χ2v) is 10.9. The van der Waals surface area contributed by atoms with E-state index in [1.165, 1.54) is 0 Å². The van der Waals surface area contributed by atoms with Crippen LogP contribution in [0.2, 0.25) is 18.1 Å². The van der Waals surface area contributed by atoms with Gasteiger partial charge in [-0.15, -0.1) is 0 Å². The van der Waals surface area contributed by atoms with E-state index in [9.17, 15) is 0 Å². The largest absolute Gasteiger partial charge is 0.543 e. The van der Waals surface area contributed by atoms with E-state index < -0.39 is 8.32 Å². The summed E-state index contributed by atoms with van der Waals surface area (Å²) < 4.78 is 11.8. The van der Waals surface area contributed by atoms with Crippen molar-refractivity contribution in [3.05, 3.63) is 36.6 Å². The molecule has 0 atom stereocenters. The summed E-state index contributed by atoms with van der Waals surface area (Å²) >= 11 is 0. The molecule has 96 valence electrons. The summed E-state index contributed by atoms with van der Waals surface area (Å²) in [6.07, 6.45) is 1.70. The minimum atomic E-state index is -1.80. The van der Waals surface area contributed by atoms with Crippen LogP contribution in [0.1, 0.15) is 20.8 Å². The quantitative estimate of drug-likeness (QED) is 0.554. The molecule has 2 nitrogen and oxygen atoms in total. The second kappa shape index (κ2) is 4.39. The van der Waals surface area contributed by atoms with E-state index in [1.54, 1.807) is 6.26 Å². The standard InChI is InChI=1S/C15H21O2Si/c1-15(2,3)18(4,5)17-14-10-11-16-13-9-7-6-8-12(13)14/h6-11H,1-5H3/q+1. The number of rotatable bonds is 2. The first kappa shape index (κ1) is 13.1. The van der Waals surface area contributed by atoms with Gasteiger partial charge in [0.15, 0.2) is 0 Å². The zero-order chi connectivity index (χ0) is 13.4. The van der Waals surface area contributed by atoms with E-state index in [0.29, 0.717) is 0 Å². The Hall–Kier alpha value is -1.35. The molecule has 0 unspecified atom stereocenters. The van der Waals surface area contributed by atoms with Crippen LogP contribution in [0.4, 0.5) is 0 Å².